The molecule has 2 amide bonds. The molecule has 7 nitrogen and oxygen atoms in total. The third kappa shape index (κ3) is 5.38. The first kappa shape index (κ1) is 24.5. The molecule has 182 valence electrons. The highest BCUT2D eigenvalue weighted by molar-refractivity contribution is 7.92. The Morgan fingerprint density at radius 1 is 0.829 bits per heavy atom. The van der Waals surface area contributed by atoms with Crippen LogP contribution in [-0.2, 0) is 10.0 Å². The van der Waals surface area contributed by atoms with Gasteiger partial charge in [-0.2, -0.15) is 0 Å². The van der Waals surface area contributed by atoms with Crippen LogP contribution in [0.1, 0.15) is 50.2 Å². The number of hydrogen-bond acceptors (Lipinski definition) is 4. The number of nitrogens with one attached hydrogen (secondary N) is 2. The minimum absolute atomic E-state index is 0.0183. The molecule has 0 unspecified atom stereocenters. The maximum absolute atomic E-state index is 13.1. The van der Waals surface area contributed by atoms with Crippen LogP contribution in [0.2, 0.25) is 0 Å². The molecule has 2 N–H and O–H groups in total. The summed E-state index contributed by atoms with van der Waals surface area (Å²) in [6, 6.07) is 16.7. The predicted molar refractivity (Wildman–Crippen MR) is 137 cm³/mol. The number of rotatable bonds is 6. The average Bonchev–Trinajstić information content (AvgIpc) is 3.36. The molecule has 0 radical (unpaired) electrons. The fourth-order valence-corrected chi connectivity index (χ4v) is 5.43. The maximum Gasteiger partial charge on any atom is 0.262 e. The summed E-state index contributed by atoms with van der Waals surface area (Å²) in [5.74, 6) is -0.613. The third-order valence-corrected chi connectivity index (χ3v) is 7.82. The van der Waals surface area contributed by atoms with E-state index in [1.807, 2.05) is 19.9 Å². The van der Waals surface area contributed by atoms with Gasteiger partial charge in [0.25, 0.3) is 21.8 Å². The van der Waals surface area contributed by atoms with Crippen LogP contribution in [0.4, 0.5) is 11.4 Å². The number of carbonyl (C=O) groups is 2. The number of nitrogens with zero attached hydrogens (tertiary/aromatic N) is 1. The van der Waals surface area contributed by atoms with Crippen molar-refractivity contribution in [1.29, 1.82) is 0 Å². The molecular formula is C27H29N3O4S. The molecule has 1 aliphatic heterocycles. The van der Waals surface area contributed by atoms with Gasteiger partial charge in [-0.1, -0.05) is 24.3 Å². The van der Waals surface area contributed by atoms with Crippen LogP contribution in [0.5, 0.6) is 0 Å². The fourth-order valence-electron chi connectivity index (χ4n) is 4.11. The van der Waals surface area contributed by atoms with E-state index in [0.717, 1.165) is 24.0 Å². The zero-order valence-corrected chi connectivity index (χ0v) is 20.9. The van der Waals surface area contributed by atoms with Gasteiger partial charge in [0.15, 0.2) is 0 Å². The van der Waals surface area contributed by atoms with Gasteiger partial charge < -0.3 is 10.2 Å². The average molecular weight is 492 g/mol. The summed E-state index contributed by atoms with van der Waals surface area (Å²) >= 11 is 0. The Kier molecular flexibility index (Phi) is 6.93. The molecule has 0 aliphatic carbocycles. The summed E-state index contributed by atoms with van der Waals surface area (Å²) in [7, 11) is -3.93. The van der Waals surface area contributed by atoms with Crippen molar-refractivity contribution >= 4 is 33.2 Å². The van der Waals surface area contributed by atoms with Gasteiger partial charge >= 0.3 is 0 Å². The Labute approximate surface area is 206 Å². The lowest BCUT2D eigenvalue weighted by Crippen LogP contribution is -2.28. The van der Waals surface area contributed by atoms with Crippen LogP contribution in [0, 0.1) is 20.8 Å². The van der Waals surface area contributed by atoms with Crippen LogP contribution in [-0.4, -0.2) is 38.2 Å². The third-order valence-electron chi connectivity index (χ3n) is 6.30. The van der Waals surface area contributed by atoms with Crippen LogP contribution in [0.3, 0.4) is 0 Å². The van der Waals surface area contributed by atoms with E-state index in [4.69, 9.17) is 0 Å². The highest BCUT2D eigenvalue weighted by Crippen LogP contribution is 2.24. The number of hydrogen-bond donors (Lipinski definition) is 2. The minimum atomic E-state index is -3.93. The first-order valence-corrected chi connectivity index (χ1v) is 13.0. The molecule has 1 saturated heterocycles. The van der Waals surface area contributed by atoms with Crippen molar-refractivity contribution in [2.45, 2.75) is 38.5 Å². The second-order valence-corrected chi connectivity index (χ2v) is 10.5. The molecule has 8 heteroatoms. The number of benzene rings is 3. The van der Waals surface area contributed by atoms with E-state index in [0.29, 0.717) is 35.6 Å². The van der Waals surface area contributed by atoms with Gasteiger partial charge in [0, 0.05) is 24.3 Å². The molecule has 35 heavy (non-hydrogen) atoms. The van der Waals surface area contributed by atoms with Crippen molar-refractivity contribution in [2.24, 2.45) is 0 Å². The van der Waals surface area contributed by atoms with Gasteiger partial charge in [-0.25, -0.2) is 8.42 Å². The molecule has 1 heterocycles. The van der Waals surface area contributed by atoms with Gasteiger partial charge in [-0.05, 0) is 86.7 Å². The summed E-state index contributed by atoms with van der Waals surface area (Å²) in [6.45, 7) is 6.95. The van der Waals surface area contributed by atoms with Crippen LogP contribution in [0.15, 0.2) is 65.6 Å². The van der Waals surface area contributed by atoms with Gasteiger partial charge in [0.1, 0.15) is 0 Å². The monoisotopic (exact) mass is 491 g/mol. The quantitative estimate of drug-likeness (QED) is 0.513. The van der Waals surface area contributed by atoms with Gasteiger partial charge in [-0.15, -0.1) is 0 Å². The zero-order chi connectivity index (χ0) is 25.2. The Balaban J connectivity index is 1.59. The number of anilines is 2. The molecule has 3 aromatic carbocycles. The highest BCUT2D eigenvalue weighted by Gasteiger charge is 2.23. The summed E-state index contributed by atoms with van der Waals surface area (Å²) in [6.07, 6.45) is 1.94. The number of likely N-dealkylation sites (tertiary alicyclic amines) is 1. The number of aryl methyl sites for hydroxylation is 3. The number of para-hydroxylation sites is 1. The number of sulfonamides is 1. The molecular weight excluding hydrogens is 462 g/mol. The Morgan fingerprint density at radius 2 is 1.51 bits per heavy atom. The van der Waals surface area contributed by atoms with Crippen molar-refractivity contribution in [3.63, 3.8) is 0 Å². The summed E-state index contributed by atoms with van der Waals surface area (Å²) < 4.78 is 28.9. The minimum Gasteiger partial charge on any atom is -0.339 e. The van der Waals surface area contributed by atoms with Crippen LogP contribution < -0.4 is 10.0 Å². The molecule has 3 aromatic rings. The molecule has 0 saturated carbocycles. The summed E-state index contributed by atoms with van der Waals surface area (Å²) in [4.78, 5) is 27.8. The summed E-state index contributed by atoms with van der Waals surface area (Å²) in [5.41, 5.74) is 3.99. The van der Waals surface area contributed by atoms with Crippen molar-refractivity contribution in [1.82, 2.24) is 4.90 Å². The van der Waals surface area contributed by atoms with E-state index in [9.17, 15) is 18.0 Å². The molecule has 1 fully saturated rings. The Bertz CT molecular complexity index is 1390. The molecule has 0 bridgehead atoms. The van der Waals surface area contributed by atoms with Crippen molar-refractivity contribution < 1.29 is 18.0 Å². The fraction of sp³-hybridized carbons (Fsp3) is 0.259. The SMILES string of the molecule is Cc1ccc(NS(=O)(=O)c2cc(C(=O)Nc3ccccc3C(=O)N3CCCC3)ccc2C)cc1C. The Morgan fingerprint density at radius 3 is 2.23 bits per heavy atom. The first-order chi connectivity index (χ1) is 16.7. The van der Waals surface area contributed by atoms with E-state index in [-0.39, 0.29) is 16.4 Å². The van der Waals surface area contributed by atoms with Crippen molar-refractivity contribution in [2.75, 3.05) is 23.1 Å². The highest BCUT2D eigenvalue weighted by atomic mass is 32.2. The zero-order valence-electron chi connectivity index (χ0n) is 20.1. The van der Waals surface area contributed by atoms with E-state index in [1.165, 1.54) is 6.07 Å². The molecule has 4 rings (SSSR count). The van der Waals surface area contributed by atoms with Crippen LogP contribution in [0.25, 0.3) is 0 Å². The first-order valence-electron chi connectivity index (χ1n) is 11.6. The smallest absolute Gasteiger partial charge is 0.262 e. The standard InChI is InChI=1S/C27H29N3O4S/c1-18-11-13-22(16-20(18)3)29-35(33,34)25-17-21(12-10-19(25)2)26(31)28-24-9-5-4-8-23(24)27(32)30-14-6-7-15-30/h4-5,8-13,16-17,29H,6-7,14-15H2,1-3H3,(H,28,31). The molecule has 0 aromatic heterocycles. The van der Waals surface area contributed by atoms with E-state index >= 15 is 0 Å². The van der Waals surface area contributed by atoms with Crippen LogP contribution >= 0.6 is 0 Å². The van der Waals surface area contributed by atoms with Gasteiger partial charge in [0.2, 0.25) is 0 Å². The second kappa shape index (κ2) is 9.92. The normalized spacial score (nSPS) is 13.5. The molecule has 1 aliphatic rings. The van der Waals surface area contributed by atoms with E-state index < -0.39 is 15.9 Å². The maximum atomic E-state index is 13.1. The Hall–Kier alpha value is -3.65. The predicted octanol–water partition coefficient (Wildman–Crippen LogP) is 4.90. The topological polar surface area (TPSA) is 95.6 Å². The molecule has 0 spiro atoms. The lowest BCUT2D eigenvalue weighted by atomic mass is 10.1. The second-order valence-electron chi connectivity index (χ2n) is 8.88. The number of amides is 2. The van der Waals surface area contributed by atoms with E-state index in [2.05, 4.69) is 10.0 Å². The number of carbonyl (C=O) groups excluding carboxylic acids is 2. The van der Waals surface area contributed by atoms with E-state index in [1.54, 1.807) is 60.4 Å². The van der Waals surface area contributed by atoms with Crippen molar-refractivity contribution in [3.05, 3.63) is 88.5 Å². The van der Waals surface area contributed by atoms with Crippen molar-refractivity contribution in [3.8, 4) is 0 Å². The molecule has 0 atom stereocenters. The lowest BCUT2D eigenvalue weighted by Gasteiger charge is -2.18. The van der Waals surface area contributed by atoms with Gasteiger partial charge in [-0.3, -0.25) is 14.3 Å². The lowest BCUT2D eigenvalue weighted by molar-refractivity contribution is 0.0794. The summed E-state index contributed by atoms with van der Waals surface area (Å²) in [5, 5.41) is 2.79. The largest absolute Gasteiger partial charge is 0.339 e. The van der Waals surface area contributed by atoms with Gasteiger partial charge in [0.05, 0.1) is 16.1 Å².